The van der Waals surface area contributed by atoms with Gasteiger partial charge in [-0.2, -0.15) is 0 Å². The molecule has 0 radical (unpaired) electrons. The fourth-order valence-corrected chi connectivity index (χ4v) is 2.60. The number of ether oxygens (including phenoxy) is 1. The quantitative estimate of drug-likeness (QED) is 0.225. The third-order valence-electron chi connectivity index (χ3n) is 4.13. The van der Waals surface area contributed by atoms with E-state index in [0.29, 0.717) is 18.6 Å². The van der Waals surface area contributed by atoms with E-state index in [-0.39, 0.29) is 0 Å². The molecule has 0 aliphatic carbocycles. The van der Waals surface area contributed by atoms with Crippen LogP contribution in [-0.4, -0.2) is 23.3 Å². The van der Waals surface area contributed by atoms with Gasteiger partial charge < -0.3 is 9.84 Å². The third kappa shape index (κ3) is 13.4. The zero-order valence-corrected chi connectivity index (χ0v) is 15.6. The Labute approximate surface area is 153 Å². The Bertz CT molecular complexity index is 460. The molecule has 1 heterocycles. The Hall–Kier alpha value is -1.61. The smallest absolute Gasteiger partial charge is 0.303 e. The van der Waals surface area contributed by atoms with Crippen LogP contribution in [0, 0.1) is 0 Å². The second kappa shape index (κ2) is 14.7. The molecule has 0 saturated carbocycles. The first-order valence-electron chi connectivity index (χ1n) is 9.71. The number of hydrogen-bond donors (Lipinski definition) is 1. The van der Waals surface area contributed by atoms with Gasteiger partial charge in [-0.05, 0) is 51.4 Å². The summed E-state index contributed by atoms with van der Waals surface area (Å²) in [4.78, 5) is 10.4. The summed E-state index contributed by atoms with van der Waals surface area (Å²) < 4.78 is 5.67. The molecule has 2 unspecified atom stereocenters. The summed E-state index contributed by atoms with van der Waals surface area (Å²) in [5, 5.41) is 8.55. The molecule has 2 atom stereocenters. The highest BCUT2D eigenvalue weighted by Gasteiger charge is 2.35. The van der Waals surface area contributed by atoms with Crippen LogP contribution in [0.2, 0.25) is 0 Å². The molecule has 1 N–H and O–H groups in total. The van der Waals surface area contributed by atoms with Crippen molar-refractivity contribution >= 4 is 5.97 Å². The van der Waals surface area contributed by atoms with E-state index in [1.165, 1.54) is 0 Å². The van der Waals surface area contributed by atoms with Crippen LogP contribution in [0.3, 0.4) is 0 Å². The van der Waals surface area contributed by atoms with E-state index in [1.54, 1.807) is 0 Å². The Morgan fingerprint density at radius 2 is 1.44 bits per heavy atom. The maximum Gasteiger partial charge on any atom is 0.303 e. The molecule has 3 heteroatoms. The normalized spacial score (nSPS) is 20.5. The average molecular weight is 347 g/mol. The maximum absolute atomic E-state index is 10.4. The van der Waals surface area contributed by atoms with Crippen LogP contribution >= 0.6 is 0 Å². The lowest BCUT2D eigenvalue weighted by molar-refractivity contribution is -0.137. The highest BCUT2D eigenvalue weighted by Crippen LogP contribution is 2.29. The molecule has 0 spiro atoms. The molecule has 1 saturated heterocycles. The molecule has 0 amide bonds. The highest BCUT2D eigenvalue weighted by atomic mass is 16.6. The van der Waals surface area contributed by atoms with Crippen LogP contribution in [-0.2, 0) is 9.53 Å². The van der Waals surface area contributed by atoms with Crippen molar-refractivity contribution in [3.8, 4) is 0 Å². The monoisotopic (exact) mass is 346 g/mol. The van der Waals surface area contributed by atoms with Crippen LogP contribution < -0.4 is 0 Å². The first-order chi connectivity index (χ1) is 12.2. The number of carbonyl (C=O) groups is 1. The molecule has 0 aromatic carbocycles. The summed E-state index contributed by atoms with van der Waals surface area (Å²) in [6, 6.07) is 0. The number of hydrogen-bond acceptors (Lipinski definition) is 2. The highest BCUT2D eigenvalue weighted by molar-refractivity contribution is 5.66. The molecular weight excluding hydrogens is 312 g/mol. The lowest BCUT2D eigenvalue weighted by Gasteiger charge is -1.95. The van der Waals surface area contributed by atoms with Crippen molar-refractivity contribution in [3.05, 3.63) is 48.6 Å². The minimum atomic E-state index is -0.693. The molecular formula is C22H34O3. The van der Waals surface area contributed by atoms with Crippen LogP contribution in [0.15, 0.2) is 48.6 Å². The number of rotatable bonds is 15. The molecule has 3 nitrogen and oxygen atoms in total. The van der Waals surface area contributed by atoms with Crippen molar-refractivity contribution in [3.63, 3.8) is 0 Å². The van der Waals surface area contributed by atoms with Crippen LogP contribution in [0.25, 0.3) is 0 Å². The van der Waals surface area contributed by atoms with E-state index in [9.17, 15) is 4.79 Å². The molecule has 1 fully saturated rings. The Morgan fingerprint density at radius 3 is 2.08 bits per heavy atom. The minimum absolute atomic E-state index is 0.292. The summed E-state index contributed by atoms with van der Waals surface area (Å²) in [6.45, 7) is 2.15. The topological polar surface area (TPSA) is 49.8 Å². The number of carboxylic acid groups (broad SMARTS) is 1. The predicted molar refractivity (Wildman–Crippen MR) is 105 cm³/mol. The van der Waals surface area contributed by atoms with Gasteiger partial charge in [-0.25, -0.2) is 0 Å². The summed E-state index contributed by atoms with van der Waals surface area (Å²) in [7, 11) is 0. The van der Waals surface area contributed by atoms with Gasteiger partial charge in [0.05, 0.1) is 12.2 Å². The lowest BCUT2D eigenvalue weighted by Crippen LogP contribution is -1.93. The van der Waals surface area contributed by atoms with Crippen LogP contribution in [0.5, 0.6) is 0 Å². The summed E-state index contributed by atoms with van der Waals surface area (Å²) >= 11 is 0. The minimum Gasteiger partial charge on any atom is -0.481 e. The van der Waals surface area contributed by atoms with E-state index < -0.39 is 5.97 Å². The number of carboxylic acids is 1. The van der Waals surface area contributed by atoms with E-state index >= 15 is 0 Å². The molecule has 1 aliphatic rings. The molecule has 25 heavy (non-hydrogen) atoms. The molecule has 0 bridgehead atoms. The van der Waals surface area contributed by atoms with Gasteiger partial charge >= 0.3 is 5.97 Å². The lowest BCUT2D eigenvalue weighted by atomic mass is 10.1. The SMILES string of the molecule is CCC=CCC=CCC=CCC1OC1CC=CCCCCCC(=O)O. The van der Waals surface area contributed by atoms with Crippen LogP contribution in [0.1, 0.15) is 71.1 Å². The Balaban J connectivity index is 1.92. The fourth-order valence-electron chi connectivity index (χ4n) is 2.60. The van der Waals surface area contributed by atoms with Crippen molar-refractivity contribution < 1.29 is 14.6 Å². The van der Waals surface area contributed by atoms with Gasteiger partial charge in [0.15, 0.2) is 0 Å². The van der Waals surface area contributed by atoms with Gasteiger partial charge in [0.2, 0.25) is 0 Å². The van der Waals surface area contributed by atoms with E-state index in [4.69, 9.17) is 9.84 Å². The third-order valence-corrected chi connectivity index (χ3v) is 4.13. The standard InChI is InChI=1S/C22H34O3/c1-2-3-4-5-6-7-8-11-14-17-20-21(25-20)18-15-12-9-10-13-16-19-22(23)24/h3-4,6-7,11-12,14-15,20-21H,2,5,8-10,13,16-19H2,1H3,(H,23,24). The molecule has 0 aromatic heterocycles. The van der Waals surface area contributed by atoms with Gasteiger partial charge in [-0.15, -0.1) is 0 Å². The van der Waals surface area contributed by atoms with E-state index in [2.05, 4.69) is 55.5 Å². The van der Waals surface area contributed by atoms with Gasteiger partial charge in [-0.3, -0.25) is 4.79 Å². The van der Waals surface area contributed by atoms with Gasteiger partial charge in [-0.1, -0.05) is 62.0 Å². The Kier molecular flexibility index (Phi) is 12.6. The largest absolute Gasteiger partial charge is 0.481 e. The van der Waals surface area contributed by atoms with Crippen molar-refractivity contribution in [2.75, 3.05) is 0 Å². The zero-order chi connectivity index (χ0) is 18.2. The number of unbranched alkanes of at least 4 members (excludes halogenated alkanes) is 3. The average Bonchev–Trinajstić information content (AvgIpc) is 3.34. The molecule has 1 aliphatic heterocycles. The molecule has 140 valence electrons. The summed E-state index contributed by atoms with van der Waals surface area (Å²) in [5.41, 5.74) is 0. The summed E-state index contributed by atoms with van der Waals surface area (Å²) in [5.74, 6) is -0.693. The van der Waals surface area contributed by atoms with Crippen LogP contribution in [0.4, 0.5) is 0 Å². The number of allylic oxidation sites excluding steroid dienone is 6. The second-order valence-corrected chi connectivity index (χ2v) is 6.44. The molecule has 1 rings (SSSR count). The van der Waals surface area contributed by atoms with E-state index in [0.717, 1.165) is 57.8 Å². The fraction of sp³-hybridized carbons (Fsp3) is 0.591. The molecule has 0 aromatic rings. The number of aliphatic carboxylic acids is 1. The van der Waals surface area contributed by atoms with E-state index in [1.807, 2.05) is 0 Å². The van der Waals surface area contributed by atoms with Gasteiger partial charge in [0.25, 0.3) is 0 Å². The number of epoxide rings is 1. The van der Waals surface area contributed by atoms with Gasteiger partial charge in [0, 0.05) is 6.42 Å². The zero-order valence-electron chi connectivity index (χ0n) is 15.6. The predicted octanol–water partition coefficient (Wildman–Crippen LogP) is 5.98. The first-order valence-corrected chi connectivity index (χ1v) is 9.71. The summed E-state index contributed by atoms with van der Waals surface area (Å²) in [6.07, 6.45) is 27.8. The van der Waals surface area contributed by atoms with Crippen molar-refractivity contribution in [2.45, 2.75) is 83.3 Å². The maximum atomic E-state index is 10.4. The van der Waals surface area contributed by atoms with Crippen molar-refractivity contribution in [1.29, 1.82) is 0 Å². The first kappa shape index (κ1) is 21.4. The van der Waals surface area contributed by atoms with Crippen molar-refractivity contribution in [2.24, 2.45) is 0 Å². The second-order valence-electron chi connectivity index (χ2n) is 6.44. The van der Waals surface area contributed by atoms with Gasteiger partial charge in [0.1, 0.15) is 0 Å². The van der Waals surface area contributed by atoms with Crippen molar-refractivity contribution in [1.82, 2.24) is 0 Å². The Morgan fingerprint density at radius 1 is 0.840 bits per heavy atom.